The number of para-hydroxylation sites is 2. The molecule has 0 fully saturated rings. The summed E-state index contributed by atoms with van der Waals surface area (Å²) >= 11 is 0. The standard InChI is InChI=1S/C50H34N2/c1-2-18-41(19-3-1)52-48-24-9-8-22-46(48)50-45(23-12-26-49(50)52)40-17-10-20-43(34-40)51(47-25-11-16-37-14-6-7-21-44(37)47)42-31-29-36(30-32-42)39-28-27-35-13-4-5-15-38(35)33-39/h1-34H. The summed E-state index contributed by atoms with van der Waals surface area (Å²) in [4.78, 5) is 2.41. The molecule has 0 saturated heterocycles. The van der Waals surface area contributed by atoms with Gasteiger partial charge in [0.05, 0.1) is 16.7 Å². The van der Waals surface area contributed by atoms with Crippen LogP contribution in [0.25, 0.3) is 71.3 Å². The summed E-state index contributed by atoms with van der Waals surface area (Å²) in [5.41, 5.74) is 11.7. The Hall–Kier alpha value is -6.90. The highest BCUT2D eigenvalue weighted by Gasteiger charge is 2.19. The molecule has 1 heterocycles. The Kier molecular flexibility index (Phi) is 7.18. The van der Waals surface area contributed by atoms with Gasteiger partial charge in [-0.3, -0.25) is 0 Å². The molecule has 0 aliphatic rings. The zero-order valence-electron chi connectivity index (χ0n) is 28.5. The van der Waals surface area contributed by atoms with Crippen LogP contribution in [0, 0.1) is 0 Å². The highest BCUT2D eigenvalue weighted by atomic mass is 15.1. The van der Waals surface area contributed by atoms with Gasteiger partial charge in [-0.15, -0.1) is 0 Å². The summed E-state index contributed by atoms with van der Waals surface area (Å²) in [6.07, 6.45) is 0. The van der Waals surface area contributed by atoms with Gasteiger partial charge in [-0.1, -0.05) is 146 Å². The average Bonchev–Trinajstić information content (AvgIpc) is 3.56. The summed E-state index contributed by atoms with van der Waals surface area (Å²) in [6, 6.07) is 74.7. The molecule has 10 rings (SSSR count). The first-order valence-electron chi connectivity index (χ1n) is 17.9. The van der Waals surface area contributed by atoms with Gasteiger partial charge in [0.15, 0.2) is 0 Å². The van der Waals surface area contributed by atoms with E-state index in [1.807, 2.05) is 0 Å². The molecule has 0 aliphatic heterocycles. The number of hydrogen-bond donors (Lipinski definition) is 0. The van der Waals surface area contributed by atoms with Crippen LogP contribution in [0.3, 0.4) is 0 Å². The van der Waals surface area contributed by atoms with Crippen molar-refractivity contribution in [3.8, 4) is 27.9 Å². The highest BCUT2D eigenvalue weighted by molar-refractivity contribution is 6.16. The van der Waals surface area contributed by atoms with Gasteiger partial charge in [-0.05, 0) is 99.1 Å². The van der Waals surface area contributed by atoms with Gasteiger partial charge >= 0.3 is 0 Å². The molecule has 0 radical (unpaired) electrons. The van der Waals surface area contributed by atoms with Crippen LogP contribution in [0.5, 0.6) is 0 Å². The molecule has 0 atom stereocenters. The second-order valence-electron chi connectivity index (χ2n) is 13.4. The number of hydrogen-bond acceptors (Lipinski definition) is 1. The predicted molar refractivity (Wildman–Crippen MR) is 221 cm³/mol. The quantitative estimate of drug-likeness (QED) is 0.172. The van der Waals surface area contributed by atoms with Gasteiger partial charge in [0.25, 0.3) is 0 Å². The van der Waals surface area contributed by atoms with Crippen LogP contribution in [0.15, 0.2) is 206 Å². The van der Waals surface area contributed by atoms with Crippen molar-refractivity contribution in [2.75, 3.05) is 4.90 Å². The summed E-state index contributed by atoms with van der Waals surface area (Å²) in [6.45, 7) is 0. The minimum atomic E-state index is 1.11. The number of benzene rings is 9. The molecule has 2 nitrogen and oxygen atoms in total. The first-order chi connectivity index (χ1) is 25.8. The van der Waals surface area contributed by atoms with E-state index >= 15 is 0 Å². The molecule has 1 aromatic heterocycles. The Balaban J connectivity index is 1.14. The smallest absolute Gasteiger partial charge is 0.0547 e. The molecule has 0 bridgehead atoms. The lowest BCUT2D eigenvalue weighted by Crippen LogP contribution is -2.10. The van der Waals surface area contributed by atoms with Crippen LogP contribution in [-0.4, -0.2) is 4.57 Å². The Bertz CT molecular complexity index is 2900. The van der Waals surface area contributed by atoms with Crippen molar-refractivity contribution < 1.29 is 0 Å². The Morgan fingerprint density at radius 2 is 1.00 bits per heavy atom. The second-order valence-corrected chi connectivity index (χ2v) is 13.4. The van der Waals surface area contributed by atoms with E-state index in [4.69, 9.17) is 0 Å². The maximum atomic E-state index is 2.41. The van der Waals surface area contributed by atoms with Crippen LogP contribution in [0.2, 0.25) is 0 Å². The molecular weight excluding hydrogens is 629 g/mol. The number of rotatable bonds is 6. The van der Waals surface area contributed by atoms with Gasteiger partial charge in [-0.25, -0.2) is 0 Å². The second kappa shape index (κ2) is 12.5. The molecule has 0 unspecified atom stereocenters. The highest BCUT2D eigenvalue weighted by Crippen LogP contribution is 2.43. The van der Waals surface area contributed by atoms with E-state index in [1.165, 1.54) is 65.6 Å². The maximum Gasteiger partial charge on any atom is 0.0547 e. The van der Waals surface area contributed by atoms with Crippen molar-refractivity contribution in [2.24, 2.45) is 0 Å². The fourth-order valence-electron chi connectivity index (χ4n) is 7.93. The Morgan fingerprint density at radius 1 is 0.346 bits per heavy atom. The number of fused-ring (bicyclic) bond motifs is 5. The zero-order valence-corrected chi connectivity index (χ0v) is 28.5. The lowest BCUT2D eigenvalue weighted by atomic mass is 9.98. The first kappa shape index (κ1) is 30.0. The van der Waals surface area contributed by atoms with Crippen LogP contribution < -0.4 is 4.90 Å². The molecule has 52 heavy (non-hydrogen) atoms. The van der Waals surface area contributed by atoms with Crippen molar-refractivity contribution in [1.29, 1.82) is 0 Å². The fourth-order valence-corrected chi connectivity index (χ4v) is 7.93. The van der Waals surface area contributed by atoms with E-state index < -0.39 is 0 Å². The number of nitrogens with zero attached hydrogens (tertiary/aromatic N) is 2. The minimum absolute atomic E-state index is 1.11. The van der Waals surface area contributed by atoms with E-state index in [9.17, 15) is 0 Å². The molecule has 0 saturated carbocycles. The summed E-state index contributed by atoms with van der Waals surface area (Å²) < 4.78 is 2.39. The van der Waals surface area contributed by atoms with E-state index in [1.54, 1.807) is 0 Å². The van der Waals surface area contributed by atoms with Gasteiger partial charge in [0.1, 0.15) is 0 Å². The average molecular weight is 663 g/mol. The third kappa shape index (κ3) is 5.04. The topological polar surface area (TPSA) is 8.17 Å². The van der Waals surface area contributed by atoms with E-state index in [0.717, 1.165) is 22.7 Å². The van der Waals surface area contributed by atoms with E-state index in [0.29, 0.717) is 0 Å². The molecular formula is C50H34N2. The molecule has 244 valence electrons. The van der Waals surface area contributed by atoms with Crippen LogP contribution >= 0.6 is 0 Å². The number of anilines is 3. The van der Waals surface area contributed by atoms with E-state index in [-0.39, 0.29) is 0 Å². The molecule has 0 N–H and O–H groups in total. The van der Waals surface area contributed by atoms with Crippen molar-refractivity contribution >= 4 is 60.4 Å². The molecule has 0 amide bonds. The Labute approximate surface area is 303 Å². The predicted octanol–water partition coefficient (Wildman–Crippen LogP) is 13.9. The van der Waals surface area contributed by atoms with E-state index in [2.05, 4.69) is 216 Å². The molecule has 0 aliphatic carbocycles. The van der Waals surface area contributed by atoms with Gasteiger partial charge in [-0.2, -0.15) is 0 Å². The number of aromatic nitrogens is 1. The molecule has 0 spiro atoms. The van der Waals surface area contributed by atoms with Crippen molar-refractivity contribution in [1.82, 2.24) is 4.57 Å². The summed E-state index contributed by atoms with van der Waals surface area (Å²) in [7, 11) is 0. The molecule has 10 aromatic rings. The van der Waals surface area contributed by atoms with Crippen LogP contribution in [-0.2, 0) is 0 Å². The first-order valence-corrected chi connectivity index (χ1v) is 17.9. The zero-order chi connectivity index (χ0) is 34.4. The van der Waals surface area contributed by atoms with Crippen LogP contribution in [0.4, 0.5) is 17.1 Å². The maximum absolute atomic E-state index is 2.41. The van der Waals surface area contributed by atoms with Gasteiger partial charge in [0, 0.05) is 33.2 Å². The fraction of sp³-hybridized carbons (Fsp3) is 0. The van der Waals surface area contributed by atoms with Crippen LogP contribution in [0.1, 0.15) is 0 Å². The third-order valence-corrected chi connectivity index (χ3v) is 10.3. The molecule has 9 aromatic carbocycles. The normalized spacial score (nSPS) is 11.5. The van der Waals surface area contributed by atoms with Gasteiger partial charge in [0.2, 0.25) is 0 Å². The summed E-state index contributed by atoms with van der Waals surface area (Å²) in [5, 5.41) is 7.44. The third-order valence-electron chi connectivity index (χ3n) is 10.3. The van der Waals surface area contributed by atoms with Crippen molar-refractivity contribution in [3.05, 3.63) is 206 Å². The van der Waals surface area contributed by atoms with Gasteiger partial charge < -0.3 is 9.47 Å². The van der Waals surface area contributed by atoms with Crippen molar-refractivity contribution in [2.45, 2.75) is 0 Å². The molecule has 2 heteroatoms. The SMILES string of the molecule is c1ccc(-n2c3ccccc3c3c(-c4cccc(N(c5ccc(-c6ccc7ccccc7c6)cc5)c5cccc6ccccc56)c4)cccc32)cc1. The lowest BCUT2D eigenvalue weighted by molar-refractivity contribution is 1.18. The largest absolute Gasteiger partial charge is 0.310 e. The Morgan fingerprint density at radius 3 is 1.87 bits per heavy atom. The summed E-state index contributed by atoms with van der Waals surface area (Å²) in [5.74, 6) is 0. The van der Waals surface area contributed by atoms with Crippen molar-refractivity contribution in [3.63, 3.8) is 0 Å². The monoisotopic (exact) mass is 662 g/mol. The lowest BCUT2D eigenvalue weighted by Gasteiger charge is -2.27. The minimum Gasteiger partial charge on any atom is -0.310 e.